The Bertz CT molecular complexity index is 1630. The predicted octanol–water partition coefficient (Wildman–Crippen LogP) is 4.20. The first-order valence-electron chi connectivity index (χ1n) is 17.5. The summed E-state index contributed by atoms with van der Waals surface area (Å²) in [6.45, 7) is 16.2. The number of ether oxygens (including phenoxy) is 5. The highest BCUT2D eigenvalue weighted by atomic mass is 16.8. The Balaban J connectivity index is 1.10. The smallest absolute Gasteiger partial charge is 0.187 e. The molecule has 2 saturated carbocycles. The van der Waals surface area contributed by atoms with E-state index in [-0.39, 0.29) is 41.5 Å². The highest BCUT2D eigenvalue weighted by molar-refractivity contribution is 5.89. The molecule has 4 saturated heterocycles. The summed E-state index contributed by atoms with van der Waals surface area (Å²) in [7, 11) is 0. The topological polar surface area (TPSA) is 129 Å². The van der Waals surface area contributed by atoms with E-state index in [9.17, 15) is 15.3 Å². The van der Waals surface area contributed by atoms with Crippen LogP contribution in [0.3, 0.4) is 0 Å². The fraction of sp³-hybridized carbons (Fsp3) is 0.784. The van der Waals surface area contributed by atoms with Crippen LogP contribution in [0, 0.1) is 11.3 Å². The molecule has 4 N–H and O–H groups in total. The molecule has 0 bridgehead atoms. The maximum Gasteiger partial charge on any atom is 0.187 e. The van der Waals surface area contributed by atoms with Gasteiger partial charge in [0.2, 0.25) is 0 Å². The van der Waals surface area contributed by atoms with Gasteiger partial charge in [0.15, 0.2) is 11.9 Å². The molecule has 12 unspecified atom stereocenters. The maximum atomic E-state index is 13.3. The van der Waals surface area contributed by atoms with Gasteiger partial charge in [-0.1, -0.05) is 26.0 Å². The number of benzene rings is 1. The van der Waals surface area contributed by atoms with Crippen molar-refractivity contribution in [1.29, 1.82) is 0 Å². The molecule has 9 rings (SSSR count). The number of aromatic nitrogens is 1. The lowest BCUT2D eigenvalue weighted by atomic mass is 9.40. The van der Waals surface area contributed by atoms with E-state index in [1.807, 2.05) is 6.07 Å². The fourth-order valence-electron chi connectivity index (χ4n) is 11.2. The van der Waals surface area contributed by atoms with E-state index in [1.165, 1.54) is 11.3 Å². The summed E-state index contributed by atoms with van der Waals surface area (Å²) in [6, 6.07) is 6.21. The molecule has 9 heteroatoms. The van der Waals surface area contributed by atoms with Crippen LogP contribution in [0.1, 0.15) is 97.9 Å². The third-order valence-corrected chi connectivity index (χ3v) is 14.3. The average molecular weight is 638 g/mol. The summed E-state index contributed by atoms with van der Waals surface area (Å²) in [5.41, 5.74) is -0.296. The molecule has 0 radical (unpaired) electrons. The van der Waals surface area contributed by atoms with Gasteiger partial charge in [0.1, 0.15) is 30.0 Å². The van der Waals surface area contributed by atoms with Gasteiger partial charge in [-0.3, -0.25) is 0 Å². The monoisotopic (exact) mass is 637 g/mol. The summed E-state index contributed by atoms with van der Waals surface area (Å²) in [6.07, 6.45) is 1.67. The molecule has 2 aromatic rings. The maximum absolute atomic E-state index is 13.3. The van der Waals surface area contributed by atoms with Crippen LogP contribution < -0.4 is 0 Å². The Morgan fingerprint density at radius 1 is 0.935 bits per heavy atom. The van der Waals surface area contributed by atoms with Crippen molar-refractivity contribution in [3.05, 3.63) is 35.0 Å². The van der Waals surface area contributed by atoms with E-state index in [4.69, 9.17) is 23.7 Å². The van der Waals surface area contributed by atoms with Gasteiger partial charge in [-0.15, -0.1) is 0 Å². The largest absolute Gasteiger partial charge is 0.390 e. The number of H-pyrrole nitrogens is 1. The number of aromatic amines is 1. The number of fused-ring (bicyclic) bond motifs is 9. The summed E-state index contributed by atoms with van der Waals surface area (Å²) in [5.74, 6) is 0.356. The van der Waals surface area contributed by atoms with Gasteiger partial charge in [-0.2, -0.15) is 0 Å². The standard InChI is InChI=1S/C37H51NO8/c1-31(2,40)22(39)16-18-10-9-11-21-24(18)20-17-19-12-15-36(41)34(7,35(19,8)26(20)38-21)14-13-23-37(36)28(45-37)25-27(42-23)32(3,4)46-30(43-25)29-33(5,6)44-29/h9-11,19,22-23,25,27-30,38-41H,12-17H2,1-8H3. The molecule has 0 amide bonds. The molecule has 1 aromatic carbocycles. The first-order valence-corrected chi connectivity index (χ1v) is 17.5. The minimum Gasteiger partial charge on any atom is -0.390 e. The van der Waals surface area contributed by atoms with Crippen molar-refractivity contribution in [2.75, 3.05) is 0 Å². The lowest BCUT2D eigenvalue weighted by Crippen LogP contribution is -2.77. The van der Waals surface area contributed by atoms with Gasteiger partial charge in [-0.05, 0) is 96.8 Å². The zero-order valence-electron chi connectivity index (χ0n) is 28.5. The molecule has 1 spiro atoms. The summed E-state index contributed by atoms with van der Waals surface area (Å²) in [4.78, 5) is 3.85. The molecule has 6 fully saturated rings. The molecule has 252 valence electrons. The van der Waals surface area contributed by atoms with Crippen molar-refractivity contribution in [3.63, 3.8) is 0 Å². The summed E-state index contributed by atoms with van der Waals surface area (Å²) < 4.78 is 32.9. The highest BCUT2D eigenvalue weighted by Gasteiger charge is 2.87. The van der Waals surface area contributed by atoms with E-state index in [2.05, 4.69) is 58.7 Å². The van der Waals surface area contributed by atoms with Crippen LogP contribution in [0.5, 0.6) is 0 Å². The second kappa shape index (κ2) is 8.77. The van der Waals surface area contributed by atoms with Gasteiger partial charge in [0, 0.05) is 33.8 Å². The highest BCUT2D eigenvalue weighted by Crippen LogP contribution is 2.75. The molecule has 3 aliphatic carbocycles. The number of nitrogens with one attached hydrogen (secondary N) is 1. The Hall–Kier alpha value is -1.56. The number of hydrogen-bond acceptors (Lipinski definition) is 8. The number of aliphatic hydroxyl groups excluding tert-OH is 1. The first-order chi connectivity index (χ1) is 21.4. The summed E-state index contributed by atoms with van der Waals surface area (Å²) >= 11 is 0. The molecule has 4 aliphatic heterocycles. The minimum absolute atomic E-state index is 0.150. The molecule has 5 heterocycles. The number of epoxide rings is 2. The Morgan fingerprint density at radius 2 is 1.65 bits per heavy atom. The molecular weight excluding hydrogens is 586 g/mol. The van der Waals surface area contributed by atoms with Crippen LogP contribution in [0.2, 0.25) is 0 Å². The van der Waals surface area contributed by atoms with Crippen LogP contribution in [-0.2, 0) is 41.9 Å². The van der Waals surface area contributed by atoms with Crippen LogP contribution in [0.4, 0.5) is 0 Å². The van der Waals surface area contributed by atoms with Crippen LogP contribution in [0.15, 0.2) is 18.2 Å². The fourth-order valence-corrected chi connectivity index (χ4v) is 11.2. The molecule has 46 heavy (non-hydrogen) atoms. The van der Waals surface area contributed by atoms with E-state index in [0.29, 0.717) is 18.8 Å². The zero-order valence-corrected chi connectivity index (χ0v) is 28.5. The van der Waals surface area contributed by atoms with Crippen LogP contribution in [-0.4, -0.2) is 91.2 Å². The lowest BCUT2D eigenvalue weighted by Gasteiger charge is -2.66. The lowest BCUT2D eigenvalue weighted by molar-refractivity contribution is -0.356. The van der Waals surface area contributed by atoms with Crippen molar-refractivity contribution < 1.29 is 39.0 Å². The molecule has 9 nitrogen and oxygen atoms in total. The van der Waals surface area contributed by atoms with Crippen molar-refractivity contribution in [2.24, 2.45) is 11.3 Å². The van der Waals surface area contributed by atoms with Crippen molar-refractivity contribution >= 4 is 10.9 Å². The second-order valence-corrected chi connectivity index (χ2v) is 17.8. The molecular formula is C37H51NO8. The van der Waals surface area contributed by atoms with Gasteiger partial charge in [0.25, 0.3) is 0 Å². The Kier molecular flexibility index (Phi) is 5.82. The predicted molar refractivity (Wildman–Crippen MR) is 169 cm³/mol. The van der Waals surface area contributed by atoms with Crippen LogP contribution in [0.25, 0.3) is 10.9 Å². The van der Waals surface area contributed by atoms with E-state index in [1.54, 1.807) is 13.8 Å². The number of hydrogen-bond donors (Lipinski definition) is 4. The van der Waals surface area contributed by atoms with Crippen LogP contribution >= 0.6 is 0 Å². The zero-order chi connectivity index (χ0) is 32.6. The van der Waals surface area contributed by atoms with E-state index >= 15 is 0 Å². The first kappa shape index (κ1) is 30.5. The second-order valence-electron chi connectivity index (χ2n) is 17.8. The average Bonchev–Trinajstić information content (AvgIpc) is 3.79. The SMILES string of the molecule is CC(C)(O)C(O)Cc1cccc2[nH]c3c(c12)CC1CCC2(O)C45OC4C4OC(C6OC6(C)C)OC(C)(C)C4OC5CCC2(C)C31C. The molecule has 12 atom stereocenters. The third-order valence-electron chi connectivity index (χ3n) is 14.3. The van der Waals surface area contributed by atoms with Crippen molar-refractivity contribution in [1.82, 2.24) is 4.98 Å². The Labute approximate surface area is 271 Å². The number of rotatable bonds is 4. The summed E-state index contributed by atoms with van der Waals surface area (Å²) in [5, 5.41) is 35.9. The normalized spacial score (nSPS) is 48.4. The third kappa shape index (κ3) is 3.49. The van der Waals surface area contributed by atoms with Gasteiger partial charge >= 0.3 is 0 Å². The Morgan fingerprint density at radius 3 is 2.35 bits per heavy atom. The van der Waals surface area contributed by atoms with Crippen molar-refractivity contribution in [3.8, 4) is 0 Å². The quantitative estimate of drug-likeness (QED) is 0.368. The van der Waals surface area contributed by atoms with Gasteiger partial charge in [0.05, 0.1) is 29.0 Å². The van der Waals surface area contributed by atoms with E-state index < -0.39 is 40.2 Å². The van der Waals surface area contributed by atoms with Gasteiger partial charge < -0.3 is 44.0 Å². The molecule has 7 aliphatic rings. The minimum atomic E-state index is -1.20. The van der Waals surface area contributed by atoms with E-state index in [0.717, 1.165) is 42.1 Å². The number of aliphatic hydroxyl groups is 3. The van der Waals surface area contributed by atoms with Crippen molar-refractivity contribution in [2.45, 2.75) is 170 Å². The molecule has 1 aromatic heterocycles. The van der Waals surface area contributed by atoms with Gasteiger partial charge in [-0.25, -0.2) is 0 Å².